The maximum Gasteiger partial charge on any atom is 0.162 e. The van der Waals surface area contributed by atoms with Crippen molar-refractivity contribution in [2.45, 2.75) is 67.2 Å². The van der Waals surface area contributed by atoms with Crippen molar-refractivity contribution in [1.82, 2.24) is 18.8 Å². The number of carbonyl (C=O) groups is 1. The Morgan fingerprint density at radius 1 is 0.975 bits per heavy atom. The van der Waals surface area contributed by atoms with Gasteiger partial charge in [0.15, 0.2) is 5.78 Å². The van der Waals surface area contributed by atoms with Gasteiger partial charge in [-0.15, -0.1) is 17.7 Å². The number of allylic oxidation sites excluding steroid dienone is 2. The van der Waals surface area contributed by atoms with E-state index in [0.717, 1.165) is 59.3 Å². The number of nitrogens with zero attached hydrogens (tertiary/aromatic N) is 4. The van der Waals surface area contributed by atoms with E-state index in [4.69, 9.17) is 4.98 Å². The molecule has 0 atom stereocenters. The summed E-state index contributed by atoms with van der Waals surface area (Å²) in [5.41, 5.74) is 7.46. The fraction of sp³-hybridized carbons (Fsp3) is 0.364. The zero-order valence-electron chi connectivity index (χ0n) is 24.1. The SMILES string of the molecule is CCC(CC)C(=O)/C=C(\O)C(CC)CC.Cc1[c-]c2c3nccc4nc(C)c(n43)n3c4ccccc4c(c1)c23.[Ir]. The molecule has 1 N–H and O–H groups in total. The molecular formula is C33H37IrN4O2-. The Labute approximate surface area is 248 Å². The van der Waals surface area contributed by atoms with Gasteiger partial charge < -0.3 is 13.9 Å². The molecule has 6 rings (SSSR count). The molecule has 0 unspecified atom stereocenters. The molecule has 211 valence electrons. The summed E-state index contributed by atoms with van der Waals surface area (Å²) < 4.78 is 4.47. The normalized spacial score (nSPS) is 12.2. The van der Waals surface area contributed by atoms with Crippen LogP contribution in [0.1, 0.15) is 64.6 Å². The molecule has 0 saturated carbocycles. The van der Waals surface area contributed by atoms with Crippen LogP contribution in [-0.2, 0) is 24.9 Å². The molecule has 40 heavy (non-hydrogen) atoms. The van der Waals surface area contributed by atoms with Crippen molar-refractivity contribution in [2.75, 3.05) is 0 Å². The number of aliphatic hydroxyl groups is 1. The second kappa shape index (κ2) is 12.1. The number of ketones is 1. The number of hydrogen-bond donors (Lipinski definition) is 1. The van der Waals surface area contributed by atoms with Crippen LogP contribution in [0.25, 0.3) is 44.1 Å². The van der Waals surface area contributed by atoms with Gasteiger partial charge in [-0.2, -0.15) is 0 Å². The average molecular weight is 714 g/mol. The number of benzene rings is 2. The second-order valence-corrected chi connectivity index (χ2v) is 10.4. The van der Waals surface area contributed by atoms with E-state index in [1.807, 2.05) is 40.0 Å². The Bertz CT molecular complexity index is 1820. The summed E-state index contributed by atoms with van der Waals surface area (Å²) >= 11 is 0. The molecule has 0 aliphatic carbocycles. The van der Waals surface area contributed by atoms with Crippen molar-refractivity contribution >= 4 is 49.9 Å². The number of aliphatic hydroxyl groups excluding tert-OH is 1. The molecule has 4 aromatic heterocycles. The van der Waals surface area contributed by atoms with E-state index in [0.29, 0.717) is 0 Å². The van der Waals surface area contributed by atoms with E-state index < -0.39 is 0 Å². The molecule has 1 radical (unpaired) electrons. The molecule has 0 amide bonds. The van der Waals surface area contributed by atoms with Gasteiger partial charge >= 0.3 is 0 Å². The van der Waals surface area contributed by atoms with Crippen LogP contribution in [0.5, 0.6) is 0 Å². The number of aromatic nitrogens is 4. The fourth-order valence-electron chi connectivity index (χ4n) is 5.86. The molecule has 0 spiro atoms. The molecule has 0 aliphatic rings. The van der Waals surface area contributed by atoms with Crippen molar-refractivity contribution in [2.24, 2.45) is 11.8 Å². The minimum atomic E-state index is 0. The van der Waals surface area contributed by atoms with Crippen LogP contribution in [0.15, 0.2) is 54.4 Å². The van der Waals surface area contributed by atoms with Gasteiger partial charge in [0.2, 0.25) is 0 Å². The Balaban J connectivity index is 0.000000204. The minimum Gasteiger partial charge on any atom is -0.512 e. The molecule has 2 aromatic carbocycles. The van der Waals surface area contributed by atoms with Gasteiger partial charge in [0.05, 0.1) is 17.1 Å². The van der Waals surface area contributed by atoms with Crippen molar-refractivity contribution in [1.29, 1.82) is 0 Å². The van der Waals surface area contributed by atoms with Crippen LogP contribution < -0.4 is 0 Å². The number of carbonyl (C=O) groups excluding carboxylic acids is 1. The summed E-state index contributed by atoms with van der Waals surface area (Å²) in [5.74, 6) is 0.547. The minimum absolute atomic E-state index is 0. The van der Waals surface area contributed by atoms with E-state index in [-0.39, 0.29) is 43.5 Å². The fourth-order valence-corrected chi connectivity index (χ4v) is 5.86. The van der Waals surface area contributed by atoms with Crippen LogP contribution in [0.4, 0.5) is 0 Å². The Hall–Kier alpha value is -3.28. The first-order valence-corrected chi connectivity index (χ1v) is 14.1. The van der Waals surface area contributed by atoms with Gasteiger partial charge in [-0.1, -0.05) is 63.6 Å². The largest absolute Gasteiger partial charge is 0.512 e. The van der Waals surface area contributed by atoms with E-state index in [1.54, 1.807) is 0 Å². The second-order valence-electron chi connectivity index (χ2n) is 10.4. The third-order valence-corrected chi connectivity index (χ3v) is 8.03. The number of para-hydroxylation sites is 1. The number of aryl methyl sites for hydroxylation is 2. The number of rotatable bonds is 7. The third kappa shape index (κ3) is 4.90. The third-order valence-electron chi connectivity index (χ3n) is 8.03. The predicted molar refractivity (Wildman–Crippen MR) is 160 cm³/mol. The van der Waals surface area contributed by atoms with Crippen molar-refractivity contribution < 1.29 is 30.0 Å². The van der Waals surface area contributed by atoms with Crippen LogP contribution in [0, 0.1) is 31.7 Å². The molecule has 0 saturated heterocycles. The Kier molecular flexibility index (Phi) is 8.96. The number of fused-ring (bicyclic) bond motifs is 5. The van der Waals surface area contributed by atoms with Crippen LogP contribution in [0.2, 0.25) is 0 Å². The molecule has 6 nitrogen and oxygen atoms in total. The molecule has 0 bridgehead atoms. The van der Waals surface area contributed by atoms with Gasteiger partial charge in [-0.3, -0.25) is 9.78 Å². The summed E-state index contributed by atoms with van der Waals surface area (Å²) in [6.45, 7) is 12.2. The summed E-state index contributed by atoms with van der Waals surface area (Å²) in [5, 5.41) is 13.3. The molecular weight excluding hydrogens is 677 g/mol. The maximum atomic E-state index is 11.7. The van der Waals surface area contributed by atoms with Crippen molar-refractivity contribution in [3.63, 3.8) is 0 Å². The smallest absolute Gasteiger partial charge is 0.162 e. The molecule has 4 heterocycles. The van der Waals surface area contributed by atoms with E-state index in [9.17, 15) is 9.90 Å². The van der Waals surface area contributed by atoms with E-state index in [1.165, 1.54) is 27.9 Å². The van der Waals surface area contributed by atoms with E-state index in [2.05, 4.69) is 64.0 Å². The van der Waals surface area contributed by atoms with Gasteiger partial charge in [-0.05, 0) is 55.6 Å². The van der Waals surface area contributed by atoms with Gasteiger partial charge in [-0.25, -0.2) is 4.98 Å². The summed E-state index contributed by atoms with van der Waals surface area (Å²) in [6.07, 6.45) is 6.74. The summed E-state index contributed by atoms with van der Waals surface area (Å²) in [6, 6.07) is 16.3. The predicted octanol–water partition coefficient (Wildman–Crippen LogP) is 8.16. The zero-order valence-corrected chi connectivity index (χ0v) is 26.5. The molecule has 7 heteroatoms. The standard InChI is InChI=1S/C20H13N4.C13H24O2.Ir/c1-11-9-14-13-5-3-4-6-16(13)23-18(14)15(10-11)19-21-8-7-17-22-12(2)20(23)24(17)19;1-5-10(6-2)12(14)9-13(15)11(7-3)8-4;/h3-9H,1-2H3;9-11,14H,5-8H2,1-4H3;/q-1;;/b;12-9-;. The van der Waals surface area contributed by atoms with Crippen LogP contribution in [-0.4, -0.2) is 29.7 Å². The van der Waals surface area contributed by atoms with Crippen LogP contribution >= 0.6 is 0 Å². The van der Waals surface area contributed by atoms with Crippen LogP contribution in [0.3, 0.4) is 0 Å². The first-order valence-electron chi connectivity index (χ1n) is 14.1. The number of hydrogen-bond acceptors (Lipinski definition) is 4. The quantitative estimate of drug-likeness (QED) is 0.0785. The monoisotopic (exact) mass is 714 g/mol. The molecule has 6 aromatic rings. The van der Waals surface area contributed by atoms with Gasteiger partial charge in [0.1, 0.15) is 11.3 Å². The van der Waals surface area contributed by atoms with E-state index >= 15 is 0 Å². The molecule has 0 fully saturated rings. The molecule has 0 aliphatic heterocycles. The van der Waals surface area contributed by atoms with Crippen molar-refractivity contribution in [3.8, 4) is 0 Å². The maximum absolute atomic E-state index is 11.7. The summed E-state index contributed by atoms with van der Waals surface area (Å²) in [4.78, 5) is 21.1. The zero-order chi connectivity index (χ0) is 27.8. The topological polar surface area (TPSA) is 71.9 Å². The summed E-state index contributed by atoms with van der Waals surface area (Å²) in [7, 11) is 0. The van der Waals surface area contributed by atoms with Gasteiger partial charge in [0.25, 0.3) is 0 Å². The van der Waals surface area contributed by atoms with Gasteiger partial charge in [0, 0.05) is 49.7 Å². The Morgan fingerprint density at radius 2 is 1.65 bits per heavy atom. The average Bonchev–Trinajstić information content (AvgIpc) is 3.44. The first kappa shape index (κ1) is 29.7. The van der Waals surface area contributed by atoms with Crippen molar-refractivity contribution in [3.05, 3.63) is 71.8 Å². The number of imidazole rings is 1. The Morgan fingerprint density at radius 3 is 2.33 bits per heavy atom. The first-order chi connectivity index (χ1) is 18.8.